The number of hydrogen-bond acceptors (Lipinski definition) is 6. The highest BCUT2D eigenvalue weighted by Gasteiger charge is 2.56. The number of carbonyl (C=O) groups excluding carboxylic acids is 3. The maximum absolute atomic E-state index is 14.3. The Bertz CT molecular complexity index is 1540. The second kappa shape index (κ2) is 10.6. The van der Waals surface area contributed by atoms with E-state index in [9.17, 15) is 23.9 Å². The molecular formula is C31H31FN4O5. The number of aliphatic hydroxyl groups excluding tert-OH is 1. The van der Waals surface area contributed by atoms with Crippen molar-refractivity contribution in [3.05, 3.63) is 94.3 Å². The number of aliphatic hydroxyl groups is 1. The van der Waals surface area contributed by atoms with Crippen LogP contribution >= 0.6 is 0 Å². The van der Waals surface area contributed by atoms with E-state index >= 15 is 0 Å². The maximum atomic E-state index is 14.3. The van der Waals surface area contributed by atoms with E-state index < -0.39 is 29.3 Å². The Hall–Kier alpha value is -4.28. The van der Waals surface area contributed by atoms with Crippen molar-refractivity contribution in [3.63, 3.8) is 0 Å². The SMILES string of the molecule is Cc1ccc(C(=O)N2CC3(C2)Oc2ccc(C(=O)NC[C@H](O)CN4CCc5ccccc5C4)cc2NC3=O)c(F)c1. The van der Waals surface area contributed by atoms with E-state index in [1.54, 1.807) is 25.1 Å². The highest BCUT2D eigenvalue weighted by atomic mass is 19.1. The van der Waals surface area contributed by atoms with Gasteiger partial charge in [0.1, 0.15) is 11.6 Å². The predicted octanol–water partition coefficient (Wildman–Crippen LogP) is 2.51. The summed E-state index contributed by atoms with van der Waals surface area (Å²) in [6.07, 6.45) is 0.196. The molecule has 9 nitrogen and oxygen atoms in total. The number of amides is 3. The lowest BCUT2D eigenvalue weighted by Gasteiger charge is -2.49. The molecule has 0 bridgehead atoms. The van der Waals surface area contributed by atoms with Gasteiger partial charge in [-0.2, -0.15) is 0 Å². The first-order valence-electron chi connectivity index (χ1n) is 13.7. The van der Waals surface area contributed by atoms with E-state index in [2.05, 4.69) is 27.7 Å². The van der Waals surface area contributed by atoms with E-state index in [1.807, 2.05) is 12.1 Å². The molecule has 1 saturated heterocycles. The van der Waals surface area contributed by atoms with Crippen molar-refractivity contribution in [2.24, 2.45) is 0 Å². The van der Waals surface area contributed by atoms with Crippen molar-refractivity contribution < 1.29 is 28.6 Å². The normalized spacial score (nSPS) is 17.9. The number of benzene rings is 3. The predicted molar refractivity (Wildman–Crippen MR) is 149 cm³/mol. The van der Waals surface area contributed by atoms with E-state index in [0.29, 0.717) is 29.1 Å². The molecule has 1 fully saturated rings. The molecule has 1 atom stereocenters. The van der Waals surface area contributed by atoms with Gasteiger partial charge >= 0.3 is 0 Å². The van der Waals surface area contributed by atoms with Gasteiger partial charge in [0.25, 0.3) is 17.7 Å². The zero-order chi connectivity index (χ0) is 28.7. The van der Waals surface area contributed by atoms with Gasteiger partial charge in [-0.15, -0.1) is 0 Å². The van der Waals surface area contributed by atoms with Gasteiger partial charge in [-0.1, -0.05) is 30.3 Å². The molecule has 0 radical (unpaired) electrons. The van der Waals surface area contributed by atoms with Crippen LogP contribution in [0.2, 0.25) is 0 Å². The molecule has 1 spiro atoms. The third-order valence-electron chi connectivity index (χ3n) is 7.92. The minimum atomic E-state index is -1.27. The van der Waals surface area contributed by atoms with Gasteiger partial charge in [-0.05, 0) is 60.4 Å². The Labute approximate surface area is 236 Å². The van der Waals surface area contributed by atoms with Crippen LogP contribution in [-0.4, -0.2) is 77.1 Å². The van der Waals surface area contributed by atoms with Crippen molar-refractivity contribution in [2.45, 2.75) is 31.6 Å². The number of nitrogens with zero attached hydrogens (tertiary/aromatic N) is 2. The monoisotopic (exact) mass is 558 g/mol. The lowest BCUT2D eigenvalue weighted by Crippen LogP contribution is -2.72. The molecule has 212 valence electrons. The molecule has 0 aromatic heterocycles. The van der Waals surface area contributed by atoms with Crippen molar-refractivity contribution in [2.75, 3.05) is 38.0 Å². The first-order chi connectivity index (χ1) is 19.7. The quantitative estimate of drug-likeness (QED) is 0.429. The number of ether oxygens (including phenoxy) is 1. The summed E-state index contributed by atoms with van der Waals surface area (Å²) in [5.74, 6) is -1.55. The van der Waals surface area contributed by atoms with Gasteiger partial charge in [0.15, 0.2) is 0 Å². The Kier molecular flexibility index (Phi) is 6.96. The topological polar surface area (TPSA) is 111 Å². The largest absolute Gasteiger partial charge is 0.471 e. The van der Waals surface area contributed by atoms with Crippen molar-refractivity contribution in [1.29, 1.82) is 0 Å². The summed E-state index contributed by atoms with van der Waals surface area (Å²) in [4.78, 5) is 42.1. The Morgan fingerprint density at radius 1 is 1.12 bits per heavy atom. The van der Waals surface area contributed by atoms with E-state index in [0.717, 1.165) is 19.5 Å². The molecule has 0 saturated carbocycles. The molecule has 3 aromatic rings. The van der Waals surface area contributed by atoms with E-state index in [1.165, 1.54) is 34.2 Å². The Morgan fingerprint density at radius 3 is 2.68 bits per heavy atom. The molecule has 3 heterocycles. The number of likely N-dealkylation sites (tertiary alicyclic amines) is 1. The number of nitrogens with one attached hydrogen (secondary N) is 2. The molecule has 41 heavy (non-hydrogen) atoms. The highest BCUT2D eigenvalue weighted by Crippen LogP contribution is 2.39. The third-order valence-corrected chi connectivity index (χ3v) is 7.92. The van der Waals surface area contributed by atoms with E-state index in [-0.39, 0.29) is 31.1 Å². The molecule has 3 aliphatic rings. The minimum absolute atomic E-state index is 0.0207. The summed E-state index contributed by atoms with van der Waals surface area (Å²) in [6, 6.07) is 17.4. The van der Waals surface area contributed by atoms with Gasteiger partial charge in [-0.3, -0.25) is 19.3 Å². The highest BCUT2D eigenvalue weighted by molar-refractivity contribution is 6.05. The standard InChI is InChI=1S/C31H31FN4O5/c1-19-6-8-24(25(32)12-19)29(39)36-17-31(18-36)30(40)34-26-13-21(7-9-27(26)41-31)28(38)33-14-23(37)16-35-11-10-20-4-2-3-5-22(20)15-35/h2-9,12-13,23,37H,10-11,14-18H2,1H3,(H,33,38)(H,34,40)/t23-/m0/s1. The number of aryl methyl sites for hydroxylation is 1. The van der Waals surface area contributed by atoms with Crippen molar-refractivity contribution in [1.82, 2.24) is 15.1 Å². The molecule has 6 rings (SSSR count). The van der Waals surface area contributed by atoms with Crippen LogP contribution in [0.4, 0.5) is 10.1 Å². The second-order valence-corrected chi connectivity index (χ2v) is 11.0. The van der Waals surface area contributed by atoms with Crippen LogP contribution in [0.3, 0.4) is 0 Å². The number of hydrogen-bond donors (Lipinski definition) is 3. The zero-order valence-corrected chi connectivity index (χ0v) is 22.7. The van der Waals surface area contributed by atoms with E-state index in [4.69, 9.17) is 4.74 Å². The maximum Gasteiger partial charge on any atom is 0.272 e. The number of carbonyl (C=O) groups is 3. The molecule has 3 amide bonds. The van der Waals surface area contributed by atoms with Crippen LogP contribution in [0, 0.1) is 12.7 Å². The first kappa shape index (κ1) is 26.9. The van der Waals surface area contributed by atoms with Gasteiger partial charge in [0.2, 0.25) is 5.60 Å². The average molecular weight is 559 g/mol. The summed E-state index contributed by atoms with van der Waals surface area (Å²) in [5, 5.41) is 16.1. The number of halogens is 1. The van der Waals surface area contributed by atoms with Crippen LogP contribution in [-0.2, 0) is 17.8 Å². The summed E-state index contributed by atoms with van der Waals surface area (Å²) in [7, 11) is 0. The van der Waals surface area contributed by atoms with Gasteiger partial charge in [0, 0.05) is 31.7 Å². The fourth-order valence-electron chi connectivity index (χ4n) is 5.62. The van der Waals surface area contributed by atoms with Crippen LogP contribution in [0.15, 0.2) is 60.7 Å². The summed E-state index contributed by atoms with van der Waals surface area (Å²) < 4.78 is 20.3. The van der Waals surface area contributed by atoms with Crippen molar-refractivity contribution in [3.8, 4) is 5.75 Å². The van der Waals surface area contributed by atoms with Crippen LogP contribution in [0.1, 0.15) is 37.4 Å². The summed E-state index contributed by atoms with van der Waals surface area (Å²) in [6.45, 7) is 3.85. The number of β-amino-alcohol motifs (C(OH)–C–C–N with tert-alkyl or cyclic N) is 1. The number of fused-ring (bicyclic) bond motifs is 2. The number of rotatable bonds is 6. The van der Waals surface area contributed by atoms with Gasteiger partial charge in [0.05, 0.1) is 30.4 Å². The molecule has 3 N–H and O–H groups in total. The second-order valence-electron chi connectivity index (χ2n) is 11.0. The Balaban J connectivity index is 1.03. The zero-order valence-electron chi connectivity index (χ0n) is 22.7. The average Bonchev–Trinajstić information content (AvgIpc) is 2.93. The summed E-state index contributed by atoms with van der Waals surface area (Å²) >= 11 is 0. The van der Waals surface area contributed by atoms with Gasteiger partial charge in [-0.25, -0.2) is 4.39 Å². The minimum Gasteiger partial charge on any atom is -0.471 e. The summed E-state index contributed by atoms with van der Waals surface area (Å²) in [5.41, 5.74) is 2.63. The molecule has 10 heteroatoms. The lowest BCUT2D eigenvalue weighted by atomic mass is 9.90. The van der Waals surface area contributed by atoms with Crippen LogP contribution in [0.25, 0.3) is 0 Å². The first-order valence-corrected chi connectivity index (χ1v) is 13.7. The van der Waals surface area contributed by atoms with Gasteiger partial charge < -0.3 is 25.4 Å². The van der Waals surface area contributed by atoms with Crippen LogP contribution < -0.4 is 15.4 Å². The number of anilines is 1. The molecule has 0 aliphatic carbocycles. The fraction of sp³-hybridized carbons (Fsp3) is 0.323. The van der Waals surface area contributed by atoms with Crippen LogP contribution in [0.5, 0.6) is 5.75 Å². The molecule has 3 aliphatic heterocycles. The third kappa shape index (κ3) is 5.28. The fourth-order valence-corrected chi connectivity index (χ4v) is 5.62. The smallest absolute Gasteiger partial charge is 0.272 e. The molecule has 3 aromatic carbocycles. The molecule has 0 unspecified atom stereocenters. The molecular weight excluding hydrogens is 527 g/mol. The van der Waals surface area contributed by atoms with Crippen molar-refractivity contribution >= 4 is 23.4 Å². The Morgan fingerprint density at radius 2 is 1.90 bits per heavy atom. The lowest BCUT2D eigenvalue weighted by molar-refractivity contribution is -0.145.